The molecule has 1 saturated carbocycles. The number of hydrogen-bond donors (Lipinski definition) is 1. The number of nitrogens with zero attached hydrogens (tertiary/aromatic N) is 1. The van der Waals surface area contributed by atoms with E-state index in [1.165, 1.54) is 36.8 Å². The third-order valence-electron chi connectivity index (χ3n) is 5.31. The Morgan fingerprint density at radius 2 is 1.80 bits per heavy atom. The summed E-state index contributed by atoms with van der Waals surface area (Å²) >= 11 is 0. The topological polar surface area (TPSA) is 32.3 Å². The smallest absolute Gasteiger partial charge is 0.240 e. The van der Waals surface area contributed by atoms with Crippen LogP contribution in [0.3, 0.4) is 0 Å². The van der Waals surface area contributed by atoms with E-state index in [1.807, 2.05) is 4.90 Å². The summed E-state index contributed by atoms with van der Waals surface area (Å²) in [6, 6.07) is 9.08. The lowest BCUT2D eigenvalue weighted by molar-refractivity contribution is -0.133. The summed E-state index contributed by atoms with van der Waals surface area (Å²) in [7, 11) is 0. The van der Waals surface area contributed by atoms with Crippen molar-refractivity contribution >= 4 is 5.91 Å². The van der Waals surface area contributed by atoms with Crippen LogP contribution < -0.4 is 5.32 Å². The molecule has 0 spiro atoms. The molecule has 1 amide bonds. The van der Waals surface area contributed by atoms with Crippen molar-refractivity contribution in [3.63, 3.8) is 0 Å². The number of carbonyl (C=O) groups is 1. The summed E-state index contributed by atoms with van der Waals surface area (Å²) in [6.07, 6.45) is 6.29. The van der Waals surface area contributed by atoms with Crippen LogP contribution in [0.2, 0.25) is 0 Å². The third-order valence-corrected chi connectivity index (χ3v) is 5.31. The number of nitrogens with one attached hydrogen (secondary N) is 1. The monoisotopic (exact) mass is 270 g/mol. The minimum absolute atomic E-state index is 0.0670. The van der Waals surface area contributed by atoms with E-state index in [9.17, 15) is 4.79 Å². The molecule has 1 aromatic rings. The normalized spacial score (nSPS) is 32.0. The Kier molecular flexibility index (Phi) is 3.03. The van der Waals surface area contributed by atoms with Gasteiger partial charge in [0.2, 0.25) is 5.91 Å². The van der Waals surface area contributed by atoms with Crippen molar-refractivity contribution in [1.82, 2.24) is 10.2 Å². The Morgan fingerprint density at radius 1 is 1.10 bits per heavy atom. The van der Waals surface area contributed by atoms with Crippen LogP contribution in [0.25, 0.3) is 0 Å². The van der Waals surface area contributed by atoms with Gasteiger partial charge in [-0.25, -0.2) is 0 Å². The first-order valence-corrected chi connectivity index (χ1v) is 7.93. The maximum atomic E-state index is 12.7. The molecule has 2 heterocycles. The van der Waals surface area contributed by atoms with Crippen LogP contribution in [-0.4, -0.2) is 22.9 Å². The first-order valence-electron chi connectivity index (χ1n) is 7.93. The van der Waals surface area contributed by atoms with E-state index in [0.29, 0.717) is 11.9 Å². The molecule has 2 fully saturated rings. The highest BCUT2D eigenvalue weighted by Gasteiger charge is 2.40. The van der Waals surface area contributed by atoms with Crippen molar-refractivity contribution in [1.29, 1.82) is 0 Å². The van der Waals surface area contributed by atoms with Crippen LogP contribution in [0.4, 0.5) is 0 Å². The standard InChI is InChI=1S/C17H22N2O/c20-17(16-9-12-5-3-4-8-15(12)18-16)19-10-13-6-1-2-7-14(13)11-19/h1-2,6-7,12,15-16,18H,3-5,8-11H2. The predicted octanol–water partition coefficient (Wildman–Crippen LogP) is 2.45. The molecule has 0 aromatic heterocycles. The van der Waals surface area contributed by atoms with Crippen molar-refractivity contribution < 1.29 is 4.79 Å². The molecule has 2 aliphatic heterocycles. The highest BCUT2D eigenvalue weighted by molar-refractivity contribution is 5.83. The molecule has 1 saturated heterocycles. The third kappa shape index (κ3) is 2.05. The number of amides is 1. The molecular formula is C17H22N2O. The average Bonchev–Trinajstić information content (AvgIpc) is 3.10. The maximum absolute atomic E-state index is 12.7. The quantitative estimate of drug-likeness (QED) is 0.850. The van der Waals surface area contributed by atoms with Crippen molar-refractivity contribution in [3.05, 3.63) is 35.4 Å². The molecule has 3 unspecified atom stereocenters. The highest BCUT2D eigenvalue weighted by atomic mass is 16.2. The molecule has 106 valence electrons. The molecule has 3 nitrogen and oxygen atoms in total. The zero-order valence-corrected chi connectivity index (χ0v) is 11.8. The second-order valence-electron chi connectivity index (χ2n) is 6.57. The van der Waals surface area contributed by atoms with E-state index in [1.54, 1.807) is 0 Å². The van der Waals surface area contributed by atoms with Gasteiger partial charge in [-0.05, 0) is 36.3 Å². The fourth-order valence-electron chi connectivity index (χ4n) is 4.22. The SMILES string of the molecule is O=C(C1CC2CCCCC2N1)N1Cc2ccccc2C1. The van der Waals surface area contributed by atoms with Crippen LogP contribution in [0.1, 0.15) is 43.2 Å². The van der Waals surface area contributed by atoms with Crippen molar-refractivity contribution in [2.75, 3.05) is 0 Å². The maximum Gasteiger partial charge on any atom is 0.240 e. The minimum Gasteiger partial charge on any atom is -0.333 e. The molecule has 1 aromatic carbocycles. The fraction of sp³-hybridized carbons (Fsp3) is 0.588. The Bertz CT molecular complexity index is 488. The molecule has 3 atom stereocenters. The molecule has 20 heavy (non-hydrogen) atoms. The summed E-state index contributed by atoms with van der Waals surface area (Å²) in [5, 5.41) is 3.61. The molecule has 0 bridgehead atoms. The Balaban J connectivity index is 1.44. The molecular weight excluding hydrogens is 248 g/mol. The van der Waals surface area contributed by atoms with E-state index in [4.69, 9.17) is 0 Å². The number of hydrogen-bond acceptors (Lipinski definition) is 2. The van der Waals surface area contributed by atoms with Gasteiger partial charge in [0.25, 0.3) is 0 Å². The van der Waals surface area contributed by atoms with Crippen LogP contribution in [0.5, 0.6) is 0 Å². The van der Waals surface area contributed by atoms with Gasteiger partial charge in [-0.15, -0.1) is 0 Å². The zero-order chi connectivity index (χ0) is 13.5. The summed E-state index contributed by atoms with van der Waals surface area (Å²) in [5.74, 6) is 1.05. The van der Waals surface area contributed by atoms with Crippen molar-refractivity contribution in [2.45, 2.75) is 57.3 Å². The molecule has 3 aliphatic rings. The van der Waals surface area contributed by atoms with Crippen LogP contribution in [0.15, 0.2) is 24.3 Å². The van der Waals surface area contributed by atoms with Gasteiger partial charge in [0.15, 0.2) is 0 Å². The fourth-order valence-corrected chi connectivity index (χ4v) is 4.22. The molecule has 3 heteroatoms. The van der Waals surface area contributed by atoms with E-state index in [0.717, 1.165) is 25.4 Å². The van der Waals surface area contributed by atoms with E-state index in [-0.39, 0.29) is 6.04 Å². The summed E-state index contributed by atoms with van der Waals surface area (Å²) in [5.41, 5.74) is 2.63. The van der Waals surface area contributed by atoms with E-state index < -0.39 is 0 Å². The van der Waals surface area contributed by atoms with Gasteiger partial charge in [0.1, 0.15) is 0 Å². The number of benzene rings is 1. The Hall–Kier alpha value is -1.35. The predicted molar refractivity (Wildman–Crippen MR) is 78.0 cm³/mol. The average molecular weight is 270 g/mol. The largest absolute Gasteiger partial charge is 0.333 e. The minimum atomic E-state index is 0.0670. The van der Waals surface area contributed by atoms with Gasteiger partial charge in [0, 0.05) is 19.1 Å². The van der Waals surface area contributed by atoms with Gasteiger partial charge < -0.3 is 10.2 Å². The molecule has 1 aliphatic carbocycles. The number of fused-ring (bicyclic) bond motifs is 2. The number of carbonyl (C=O) groups excluding carboxylic acids is 1. The summed E-state index contributed by atoms with van der Waals surface area (Å²) in [4.78, 5) is 14.8. The van der Waals surface area contributed by atoms with E-state index in [2.05, 4.69) is 29.6 Å². The molecule has 4 rings (SSSR count). The second-order valence-corrected chi connectivity index (χ2v) is 6.57. The zero-order valence-electron chi connectivity index (χ0n) is 11.8. The highest BCUT2D eigenvalue weighted by Crippen LogP contribution is 2.34. The number of rotatable bonds is 1. The first kappa shape index (κ1) is 12.4. The van der Waals surface area contributed by atoms with Crippen LogP contribution >= 0.6 is 0 Å². The lowest BCUT2D eigenvalue weighted by atomic mass is 9.85. The second kappa shape index (κ2) is 4.88. The van der Waals surface area contributed by atoms with E-state index >= 15 is 0 Å². The van der Waals surface area contributed by atoms with Gasteiger partial charge in [-0.3, -0.25) is 4.79 Å². The Labute approximate surface area is 120 Å². The van der Waals surface area contributed by atoms with Gasteiger partial charge in [0.05, 0.1) is 6.04 Å². The van der Waals surface area contributed by atoms with Crippen molar-refractivity contribution in [2.24, 2.45) is 5.92 Å². The van der Waals surface area contributed by atoms with Gasteiger partial charge in [-0.1, -0.05) is 37.1 Å². The molecule has 1 N–H and O–H groups in total. The van der Waals surface area contributed by atoms with Gasteiger partial charge >= 0.3 is 0 Å². The first-order chi connectivity index (χ1) is 9.81. The van der Waals surface area contributed by atoms with Crippen molar-refractivity contribution in [3.8, 4) is 0 Å². The van der Waals surface area contributed by atoms with Crippen LogP contribution in [-0.2, 0) is 17.9 Å². The van der Waals surface area contributed by atoms with Gasteiger partial charge in [-0.2, -0.15) is 0 Å². The molecule has 0 radical (unpaired) electrons. The summed E-state index contributed by atoms with van der Waals surface area (Å²) in [6.45, 7) is 1.59. The summed E-state index contributed by atoms with van der Waals surface area (Å²) < 4.78 is 0. The van der Waals surface area contributed by atoms with Crippen LogP contribution in [0, 0.1) is 5.92 Å². The lowest BCUT2D eigenvalue weighted by Gasteiger charge is -2.24. The Morgan fingerprint density at radius 3 is 2.50 bits per heavy atom. The lowest BCUT2D eigenvalue weighted by Crippen LogP contribution is -2.43.